The van der Waals surface area contributed by atoms with Gasteiger partial charge in [0.2, 0.25) is 0 Å². The number of benzene rings is 1. The van der Waals surface area contributed by atoms with Crippen molar-refractivity contribution in [1.29, 1.82) is 0 Å². The molecule has 1 heterocycles. The molecule has 0 spiro atoms. The predicted molar refractivity (Wildman–Crippen MR) is 129 cm³/mol. The van der Waals surface area contributed by atoms with E-state index >= 15 is 0 Å². The highest BCUT2D eigenvalue weighted by Gasteiger charge is 2.21. The third kappa shape index (κ3) is 10.2. The van der Waals surface area contributed by atoms with E-state index in [1.807, 2.05) is 6.92 Å². The number of nitrogens with zero attached hydrogens (tertiary/aromatic N) is 2. The molecule has 0 amide bonds. The summed E-state index contributed by atoms with van der Waals surface area (Å²) in [4.78, 5) is 6.98. The lowest BCUT2D eigenvalue weighted by molar-refractivity contribution is -0.0512. The van der Waals surface area contributed by atoms with Crippen molar-refractivity contribution < 1.29 is 23.0 Å². The SMILES string of the molecule is CCNC(=NCc1ccc(OC)c(OC(F)F)c1)NCC1CN(CC(C)C)CCO1.I. The molecule has 0 aliphatic carbocycles. The maximum Gasteiger partial charge on any atom is 0.387 e. The number of aliphatic imine (C=N–C) groups is 1. The molecular formula is C21H35F2IN4O3. The molecule has 2 N–H and O–H groups in total. The number of guanidine groups is 1. The third-order valence-electron chi connectivity index (χ3n) is 4.55. The normalized spacial score (nSPS) is 17.4. The van der Waals surface area contributed by atoms with E-state index in [2.05, 4.69) is 39.1 Å². The monoisotopic (exact) mass is 556 g/mol. The van der Waals surface area contributed by atoms with Crippen LogP contribution in [-0.2, 0) is 11.3 Å². The molecule has 0 radical (unpaired) electrons. The van der Waals surface area contributed by atoms with Gasteiger partial charge in [0.15, 0.2) is 17.5 Å². The van der Waals surface area contributed by atoms with Crippen LogP contribution in [0.25, 0.3) is 0 Å². The fourth-order valence-corrected chi connectivity index (χ4v) is 3.32. The van der Waals surface area contributed by atoms with Gasteiger partial charge in [-0.2, -0.15) is 8.78 Å². The van der Waals surface area contributed by atoms with Crippen LogP contribution in [0.3, 0.4) is 0 Å². The van der Waals surface area contributed by atoms with Crippen LogP contribution < -0.4 is 20.1 Å². The summed E-state index contributed by atoms with van der Waals surface area (Å²) in [6.45, 7) is 8.81. The van der Waals surface area contributed by atoms with Crippen molar-refractivity contribution in [2.75, 3.05) is 46.4 Å². The summed E-state index contributed by atoms with van der Waals surface area (Å²) >= 11 is 0. The standard InChI is InChI=1S/C21H34F2N4O3.HI/c1-5-24-21(26-12-17-14-27(8-9-29-17)13-15(2)3)25-11-16-6-7-18(28-4)19(10-16)30-20(22)23;/h6-7,10,15,17,20H,5,8-9,11-14H2,1-4H3,(H2,24,25,26);1H. The van der Waals surface area contributed by atoms with Crippen LogP contribution in [0.5, 0.6) is 11.5 Å². The average molecular weight is 556 g/mol. The number of halogens is 3. The molecule has 31 heavy (non-hydrogen) atoms. The van der Waals surface area contributed by atoms with Crippen molar-refractivity contribution in [1.82, 2.24) is 15.5 Å². The highest BCUT2D eigenvalue weighted by atomic mass is 127. The summed E-state index contributed by atoms with van der Waals surface area (Å²) < 4.78 is 40.7. The summed E-state index contributed by atoms with van der Waals surface area (Å²) in [5.74, 6) is 1.53. The molecule has 1 unspecified atom stereocenters. The van der Waals surface area contributed by atoms with Gasteiger partial charge in [0.1, 0.15) is 0 Å². The Morgan fingerprint density at radius 2 is 2.06 bits per heavy atom. The zero-order chi connectivity index (χ0) is 21.9. The second-order valence-electron chi connectivity index (χ2n) is 7.59. The van der Waals surface area contributed by atoms with Crippen molar-refractivity contribution >= 4 is 29.9 Å². The first-order chi connectivity index (χ1) is 14.4. The zero-order valence-corrected chi connectivity index (χ0v) is 21.0. The first-order valence-corrected chi connectivity index (χ1v) is 10.4. The number of alkyl halides is 2. The minimum absolute atomic E-state index is 0. The molecule has 0 saturated carbocycles. The fraction of sp³-hybridized carbons (Fsp3) is 0.667. The van der Waals surface area contributed by atoms with Gasteiger partial charge in [-0.1, -0.05) is 19.9 Å². The molecule has 7 nitrogen and oxygen atoms in total. The van der Waals surface area contributed by atoms with Crippen LogP contribution in [-0.4, -0.2) is 70.0 Å². The number of ether oxygens (including phenoxy) is 3. The van der Waals surface area contributed by atoms with Gasteiger partial charge in [0.25, 0.3) is 0 Å². The molecule has 10 heteroatoms. The fourth-order valence-electron chi connectivity index (χ4n) is 3.32. The van der Waals surface area contributed by atoms with Crippen molar-refractivity contribution in [3.63, 3.8) is 0 Å². The number of nitrogens with one attached hydrogen (secondary N) is 2. The van der Waals surface area contributed by atoms with Crippen molar-refractivity contribution in [3.8, 4) is 11.5 Å². The summed E-state index contributed by atoms with van der Waals surface area (Å²) in [5.41, 5.74) is 0.737. The van der Waals surface area contributed by atoms with E-state index in [-0.39, 0.29) is 41.6 Å². The maximum atomic E-state index is 12.6. The van der Waals surface area contributed by atoms with Gasteiger partial charge in [-0.25, -0.2) is 4.99 Å². The van der Waals surface area contributed by atoms with Gasteiger partial charge < -0.3 is 24.8 Å². The Hall–Kier alpha value is -1.40. The molecule has 1 aromatic carbocycles. The molecule has 178 valence electrons. The highest BCUT2D eigenvalue weighted by Crippen LogP contribution is 2.29. The first kappa shape index (κ1) is 27.6. The van der Waals surface area contributed by atoms with E-state index in [0.29, 0.717) is 31.5 Å². The van der Waals surface area contributed by atoms with Crippen LogP contribution in [0.2, 0.25) is 0 Å². The Kier molecular flexibility index (Phi) is 13.0. The Bertz CT molecular complexity index is 680. The molecule has 1 aliphatic heterocycles. The van der Waals surface area contributed by atoms with Gasteiger partial charge in [-0.05, 0) is 30.5 Å². The van der Waals surface area contributed by atoms with Crippen LogP contribution in [0.4, 0.5) is 8.78 Å². The lowest BCUT2D eigenvalue weighted by Crippen LogP contribution is -2.50. The zero-order valence-electron chi connectivity index (χ0n) is 18.7. The van der Waals surface area contributed by atoms with Gasteiger partial charge in [0, 0.05) is 32.7 Å². The van der Waals surface area contributed by atoms with Crippen molar-refractivity contribution in [2.45, 2.75) is 40.0 Å². The molecule has 2 rings (SSSR count). The Labute approximate surface area is 200 Å². The van der Waals surface area contributed by atoms with Gasteiger partial charge in [0.05, 0.1) is 26.4 Å². The topological polar surface area (TPSA) is 67.4 Å². The van der Waals surface area contributed by atoms with E-state index < -0.39 is 6.61 Å². The summed E-state index contributed by atoms with van der Waals surface area (Å²) in [6, 6.07) is 4.90. The largest absolute Gasteiger partial charge is 0.493 e. The maximum absolute atomic E-state index is 12.6. The number of methoxy groups -OCH3 is 1. The predicted octanol–water partition coefficient (Wildman–Crippen LogP) is 3.33. The van der Waals surface area contributed by atoms with Crippen LogP contribution in [0.15, 0.2) is 23.2 Å². The van der Waals surface area contributed by atoms with Crippen molar-refractivity contribution in [2.24, 2.45) is 10.9 Å². The Morgan fingerprint density at radius 3 is 2.71 bits per heavy atom. The quantitative estimate of drug-likeness (QED) is 0.262. The molecule has 1 aliphatic rings. The van der Waals surface area contributed by atoms with E-state index in [4.69, 9.17) is 9.47 Å². The van der Waals surface area contributed by atoms with Crippen molar-refractivity contribution in [3.05, 3.63) is 23.8 Å². The van der Waals surface area contributed by atoms with E-state index in [1.165, 1.54) is 13.2 Å². The smallest absolute Gasteiger partial charge is 0.387 e. The van der Waals surface area contributed by atoms with Gasteiger partial charge in [-0.15, -0.1) is 24.0 Å². The summed E-state index contributed by atoms with van der Waals surface area (Å²) in [7, 11) is 1.41. The van der Waals surface area contributed by atoms with Gasteiger partial charge in [-0.3, -0.25) is 4.90 Å². The second kappa shape index (κ2) is 14.6. The van der Waals surface area contributed by atoms with E-state index in [1.54, 1.807) is 12.1 Å². The Balaban J connectivity index is 0.00000480. The average Bonchev–Trinajstić information content (AvgIpc) is 2.69. The lowest BCUT2D eigenvalue weighted by Gasteiger charge is -2.34. The number of rotatable bonds is 10. The molecule has 0 bridgehead atoms. The van der Waals surface area contributed by atoms with Gasteiger partial charge >= 0.3 is 6.61 Å². The second-order valence-corrected chi connectivity index (χ2v) is 7.59. The summed E-state index contributed by atoms with van der Waals surface area (Å²) in [5, 5.41) is 6.51. The van der Waals surface area contributed by atoms with Crippen LogP contribution in [0.1, 0.15) is 26.3 Å². The Morgan fingerprint density at radius 1 is 1.29 bits per heavy atom. The first-order valence-electron chi connectivity index (χ1n) is 10.4. The highest BCUT2D eigenvalue weighted by molar-refractivity contribution is 14.0. The number of hydrogen-bond acceptors (Lipinski definition) is 5. The number of hydrogen-bond donors (Lipinski definition) is 2. The van der Waals surface area contributed by atoms with Crippen LogP contribution in [0, 0.1) is 5.92 Å². The molecule has 1 atom stereocenters. The van der Waals surface area contributed by atoms with E-state index in [9.17, 15) is 8.78 Å². The third-order valence-corrected chi connectivity index (χ3v) is 4.55. The van der Waals surface area contributed by atoms with E-state index in [0.717, 1.165) is 31.8 Å². The molecule has 1 aromatic rings. The molecular weight excluding hydrogens is 521 g/mol. The minimum Gasteiger partial charge on any atom is -0.493 e. The minimum atomic E-state index is -2.91. The molecule has 1 saturated heterocycles. The van der Waals surface area contributed by atoms with Crippen LogP contribution >= 0.6 is 24.0 Å². The molecule has 0 aromatic heterocycles. The number of morpholine rings is 1. The summed E-state index contributed by atoms with van der Waals surface area (Å²) in [6.07, 6.45) is 0.0911. The molecule has 1 fully saturated rings. The lowest BCUT2D eigenvalue weighted by atomic mass is 10.2.